The second kappa shape index (κ2) is 6.59. The molecule has 3 nitrogen and oxygen atoms in total. The van der Waals surface area contributed by atoms with Crippen LogP contribution in [0.4, 0.5) is 4.39 Å². The lowest BCUT2D eigenvalue weighted by atomic mass is 10.0. The van der Waals surface area contributed by atoms with Gasteiger partial charge in [-0.1, -0.05) is 12.1 Å². The average Bonchev–Trinajstić information content (AvgIpc) is 2.46. The Kier molecular flexibility index (Phi) is 4.81. The molecular formula is C17H19FO3. The Morgan fingerprint density at radius 1 is 1.05 bits per heavy atom. The first-order valence-electron chi connectivity index (χ1n) is 6.79. The monoisotopic (exact) mass is 290 g/mol. The highest BCUT2D eigenvalue weighted by Crippen LogP contribution is 2.31. The van der Waals surface area contributed by atoms with Crippen LogP contribution in [-0.4, -0.2) is 18.3 Å². The lowest BCUT2D eigenvalue weighted by Crippen LogP contribution is -2.06. The highest BCUT2D eigenvalue weighted by Gasteiger charge is 2.16. The number of hydrogen-bond acceptors (Lipinski definition) is 3. The van der Waals surface area contributed by atoms with Crippen molar-refractivity contribution in [1.29, 1.82) is 0 Å². The fourth-order valence-electron chi connectivity index (χ4n) is 2.10. The molecule has 2 rings (SSSR count). The van der Waals surface area contributed by atoms with E-state index in [-0.39, 0.29) is 6.10 Å². The van der Waals surface area contributed by atoms with Gasteiger partial charge in [0.2, 0.25) is 0 Å². The SMILES string of the molecule is COc1ccc(F)cc1C(O)c1ccc(OC(C)C)cc1. The second-order valence-corrected chi connectivity index (χ2v) is 5.02. The number of ether oxygens (including phenoxy) is 2. The van der Waals surface area contributed by atoms with Crippen LogP contribution in [0.2, 0.25) is 0 Å². The second-order valence-electron chi connectivity index (χ2n) is 5.02. The molecule has 1 atom stereocenters. The van der Waals surface area contributed by atoms with Gasteiger partial charge in [-0.15, -0.1) is 0 Å². The summed E-state index contributed by atoms with van der Waals surface area (Å²) in [6.07, 6.45) is -0.868. The number of rotatable bonds is 5. The van der Waals surface area contributed by atoms with E-state index < -0.39 is 11.9 Å². The van der Waals surface area contributed by atoms with Crippen LogP contribution in [0.25, 0.3) is 0 Å². The molecule has 0 fully saturated rings. The Hall–Kier alpha value is -2.07. The molecule has 1 unspecified atom stereocenters. The van der Waals surface area contributed by atoms with Crippen molar-refractivity contribution in [2.24, 2.45) is 0 Å². The molecule has 0 radical (unpaired) electrons. The van der Waals surface area contributed by atoms with E-state index in [1.807, 2.05) is 13.8 Å². The first-order valence-corrected chi connectivity index (χ1v) is 6.79. The van der Waals surface area contributed by atoms with Crippen LogP contribution < -0.4 is 9.47 Å². The van der Waals surface area contributed by atoms with E-state index in [0.29, 0.717) is 16.9 Å². The third kappa shape index (κ3) is 3.73. The number of benzene rings is 2. The molecule has 1 N–H and O–H groups in total. The van der Waals surface area contributed by atoms with Gasteiger partial charge in [-0.05, 0) is 49.7 Å². The summed E-state index contributed by atoms with van der Waals surface area (Å²) in [5, 5.41) is 10.4. The fraction of sp³-hybridized carbons (Fsp3) is 0.294. The van der Waals surface area contributed by atoms with Crippen molar-refractivity contribution < 1.29 is 19.0 Å². The molecule has 112 valence electrons. The van der Waals surface area contributed by atoms with E-state index in [1.54, 1.807) is 24.3 Å². The molecule has 0 heterocycles. The minimum absolute atomic E-state index is 0.0871. The molecule has 0 saturated heterocycles. The zero-order valence-electron chi connectivity index (χ0n) is 12.3. The van der Waals surface area contributed by atoms with Crippen molar-refractivity contribution in [1.82, 2.24) is 0 Å². The predicted molar refractivity (Wildman–Crippen MR) is 79.2 cm³/mol. The van der Waals surface area contributed by atoms with Gasteiger partial charge in [0.15, 0.2) is 0 Å². The average molecular weight is 290 g/mol. The van der Waals surface area contributed by atoms with E-state index in [2.05, 4.69) is 0 Å². The summed E-state index contributed by atoms with van der Waals surface area (Å²) in [7, 11) is 1.49. The van der Waals surface area contributed by atoms with Gasteiger partial charge in [-0.3, -0.25) is 0 Å². The number of aliphatic hydroxyl groups excluding tert-OH is 1. The summed E-state index contributed by atoms with van der Waals surface area (Å²) < 4.78 is 24.1. The molecular weight excluding hydrogens is 271 g/mol. The summed E-state index contributed by atoms with van der Waals surface area (Å²) in [4.78, 5) is 0. The van der Waals surface area contributed by atoms with Crippen LogP contribution in [0.1, 0.15) is 31.1 Å². The third-order valence-corrected chi connectivity index (χ3v) is 3.05. The normalized spacial score (nSPS) is 12.3. The van der Waals surface area contributed by atoms with E-state index in [1.165, 1.54) is 25.3 Å². The fourth-order valence-corrected chi connectivity index (χ4v) is 2.10. The van der Waals surface area contributed by atoms with Crippen molar-refractivity contribution in [3.05, 3.63) is 59.4 Å². The Morgan fingerprint density at radius 2 is 1.71 bits per heavy atom. The lowest BCUT2D eigenvalue weighted by molar-refractivity contribution is 0.213. The topological polar surface area (TPSA) is 38.7 Å². The summed E-state index contributed by atoms with van der Waals surface area (Å²) in [5.74, 6) is 0.767. The van der Waals surface area contributed by atoms with E-state index in [9.17, 15) is 9.50 Å². The molecule has 0 aliphatic heterocycles. The highest BCUT2D eigenvalue weighted by atomic mass is 19.1. The smallest absolute Gasteiger partial charge is 0.125 e. The van der Waals surface area contributed by atoms with E-state index in [0.717, 1.165) is 5.75 Å². The molecule has 0 aromatic heterocycles. The largest absolute Gasteiger partial charge is 0.496 e. The number of methoxy groups -OCH3 is 1. The molecule has 0 spiro atoms. The quantitative estimate of drug-likeness (QED) is 0.912. The molecule has 4 heteroatoms. The van der Waals surface area contributed by atoms with Gasteiger partial charge in [0.05, 0.1) is 13.2 Å². The minimum Gasteiger partial charge on any atom is -0.496 e. The van der Waals surface area contributed by atoms with Crippen molar-refractivity contribution in [3.63, 3.8) is 0 Å². The van der Waals surface area contributed by atoms with Crippen LogP contribution in [0.3, 0.4) is 0 Å². The molecule has 21 heavy (non-hydrogen) atoms. The molecule has 2 aromatic carbocycles. The van der Waals surface area contributed by atoms with Crippen molar-refractivity contribution >= 4 is 0 Å². The van der Waals surface area contributed by atoms with E-state index in [4.69, 9.17) is 9.47 Å². The summed E-state index contributed by atoms with van der Waals surface area (Å²) in [6.45, 7) is 3.89. The third-order valence-electron chi connectivity index (χ3n) is 3.05. The Bertz CT molecular complexity index is 593. The molecule has 0 aliphatic rings. The molecule has 0 amide bonds. The lowest BCUT2D eigenvalue weighted by Gasteiger charge is -2.16. The molecule has 0 saturated carbocycles. The van der Waals surface area contributed by atoms with Gasteiger partial charge in [-0.25, -0.2) is 4.39 Å². The standard InChI is InChI=1S/C17H19FO3/c1-11(2)21-14-7-4-12(5-8-14)17(19)15-10-13(18)6-9-16(15)20-3/h4-11,17,19H,1-3H3. The number of aliphatic hydroxyl groups is 1. The van der Waals surface area contributed by atoms with E-state index >= 15 is 0 Å². The number of hydrogen-bond donors (Lipinski definition) is 1. The summed E-state index contributed by atoms with van der Waals surface area (Å²) >= 11 is 0. The van der Waals surface area contributed by atoms with Crippen LogP contribution in [-0.2, 0) is 0 Å². The first-order chi connectivity index (χ1) is 10.0. The maximum absolute atomic E-state index is 13.4. The van der Waals surface area contributed by atoms with Crippen LogP contribution >= 0.6 is 0 Å². The van der Waals surface area contributed by atoms with Crippen LogP contribution in [0.5, 0.6) is 11.5 Å². The Labute approximate surface area is 124 Å². The maximum Gasteiger partial charge on any atom is 0.125 e. The summed E-state index contributed by atoms with van der Waals surface area (Å²) in [6, 6.07) is 11.2. The van der Waals surface area contributed by atoms with Gasteiger partial charge in [0.1, 0.15) is 23.4 Å². The Morgan fingerprint density at radius 3 is 2.29 bits per heavy atom. The van der Waals surface area contributed by atoms with Gasteiger partial charge < -0.3 is 14.6 Å². The Balaban J connectivity index is 2.27. The van der Waals surface area contributed by atoms with Crippen molar-refractivity contribution in [2.45, 2.75) is 26.1 Å². The van der Waals surface area contributed by atoms with Crippen molar-refractivity contribution in [3.8, 4) is 11.5 Å². The van der Waals surface area contributed by atoms with Gasteiger partial charge in [-0.2, -0.15) is 0 Å². The van der Waals surface area contributed by atoms with Gasteiger partial charge in [0.25, 0.3) is 0 Å². The molecule has 0 aliphatic carbocycles. The van der Waals surface area contributed by atoms with Crippen LogP contribution in [0.15, 0.2) is 42.5 Å². The minimum atomic E-state index is -0.955. The van der Waals surface area contributed by atoms with Crippen molar-refractivity contribution in [2.75, 3.05) is 7.11 Å². The first kappa shape index (κ1) is 15.3. The highest BCUT2D eigenvalue weighted by molar-refractivity contribution is 5.41. The molecule has 0 bridgehead atoms. The van der Waals surface area contributed by atoms with Gasteiger partial charge >= 0.3 is 0 Å². The summed E-state index contributed by atoms with van der Waals surface area (Å²) in [5.41, 5.74) is 1.05. The van der Waals surface area contributed by atoms with Crippen LogP contribution in [0, 0.1) is 5.82 Å². The zero-order valence-corrected chi connectivity index (χ0v) is 12.3. The maximum atomic E-state index is 13.4. The zero-order chi connectivity index (χ0) is 15.4. The molecule has 2 aromatic rings. The van der Waals surface area contributed by atoms with Gasteiger partial charge in [0, 0.05) is 5.56 Å². The number of halogens is 1. The predicted octanol–water partition coefficient (Wildman–Crippen LogP) is 3.70.